The molecule has 0 amide bonds. The van der Waals surface area contributed by atoms with Gasteiger partial charge in [0.05, 0.1) is 12.2 Å². The van der Waals surface area contributed by atoms with Crippen molar-refractivity contribution in [1.29, 1.82) is 0 Å². The monoisotopic (exact) mass is 246 g/mol. The molecule has 7 nitrogen and oxygen atoms in total. The third-order valence-corrected chi connectivity index (χ3v) is 2.65. The number of alkyl halides is 1. The number of halogens is 1. The van der Waals surface area contributed by atoms with E-state index >= 15 is 0 Å². The molecule has 0 saturated carbocycles. The Hall–Kier alpha value is -1.51. The van der Waals surface area contributed by atoms with Crippen LogP contribution in [0.3, 0.4) is 0 Å². The Kier molecular flexibility index (Phi) is 3.09. The maximum atomic E-state index is 13.7. The molecular weight excluding hydrogens is 235 g/mol. The second kappa shape index (κ2) is 4.40. The van der Waals surface area contributed by atoms with Gasteiger partial charge in [-0.1, -0.05) is 0 Å². The maximum absolute atomic E-state index is 13.7. The number of H-pyrrole nitrogens is 2. The van der Waals surface area contributed by atoms with E-state index in [2.05, 4.69) is 4.98 Å². The fourth-order valence-corrected chi connectivity index (χ4v) is 1.76. The highest BCUT2D eigenvalue weighted by molar-refractivity contribution is 5.13. The summed E-state index contributed by atoms with van der Waals surface area (Å²) in [4.78, 5) is 26.3. The van der Waals surface area contributed by atoms with Gasteiger partial charge in [0.15, 0.2) is 6.17 Å². The Morgan fingerprint density at radius 3 is 2.71 bits per heavy atom. The molecule has 1 aromatic rings. The number of nitrogens with one attached hydrogen (secondary N) is 2. The van der Waals surface area contributed by atoms with Crippen LogP contribution in [0.1, 0.15) is 11.7 Å². The van der Waals surface area contributed by atoms with Crippen molar-refractivity contribution >= 4 is 0 Å². The molecule has 1 saturated heterocycles. The Morgan fingerprint density at radius 1 is 1.47 bits per heavy atom. The molecule has 1 aliphatic rings. The minimum atomic E-state index is -1.83. The molecule has 0 bridgehead atoms. The van der Waals surface area contributed by atoms with Crippen LogP contribution >= 0.6 is 0 Å². The molecule has 1 fully saturated rings. The average molecular weight is 246 g/mol. The molecular formula is C9H11FN2O5. The van der Waals surface area contributed by atoms with E-state index in [9.17, 15) is 19.1 Å². The van der Waals surface area contributed by atoms with Crippen LogP contribution in [0.15, 0.2) is 15.8 Å². The Morgan fingerprint density at radius 2 is 2.18 bits per heavy atom. The number of ether oxygens (including phenoxy) is 1. The van der Waals surface area contributed by atoms with Gasteiger partial charge in [-0.3, -0.25) is 9.78 Å². The fraction of sp³-hybridized carbons (Fsp3) is 0.556. The molecule has 2 rings (SSSR count). The third-order valence-electron chi connectivity index (χ3n) is 2.65. The Bertz CT molecular complexity index is 513. The number of hydrogen-bond donors (Lipinski definition) is 4. The van der Waals surface area contributed by atoms with E-state index < -0.39 is 42.3 Å². The van der Waals surface area contributed by atoms with Crippen LogP contribution in [-0.2, 0) is 4.74 Å². The number of aliphatic hydroxyl groups excluding tert-OH is 2. The van der Waals surface area contributed by atoms with Gasteiger partial charge < -0.3 is 19.9 Å². The van der Waals surface area contributed by atoms with Gasteiger partial charge in [-0.05, 0) is 0 Å². The van der Waals surface area contributed by atoms with Crippen LogP contribution in [-0.4, -0.2) is 45.2 Å². The van der Waals surface area contributed by atoms with E-state index in [1.54, 1.807) is 0 Å². The smallest absolute Gasteiger partial charge is 0.325 e. The molecule has 4 atom stereocenters. The fourth-order valence-electron chi connectivity index (χ4n) is 1.76. The number of aromatic nitrogens is 2. The van der Waals surface area contributed by atoms with Gasteiger partial charge in [-0.15, -0.1) is 0 Å². The molecule has 0 spiro atoms. The molecule has 0 aliphatic carbocycles. The summed E-state index contributed by atoms with van der Waals surface area (Å²) in [6, 6.07) is 0. The minimum Gasteiger partial charge on any atom is -0.394 e. The summed E-state index contributed by atoms with van der Waals surface area (Å²) in [5, 5.41) is 18.2. The molecule has 1 aromatic heterocycles. The standard InChI is InChI=1S/C9H11FN2O5/c10-5-6(14)4(2-13)17-7(5)3-1-11-9(16)12-8(3)15/h1,4-7,13-14H,2H2,(H2,11,12,15,16)/t4-,5-,6-,7+/m1/s1. The summed E-state index contributed by atoms with van der Waals surface area (Å²) in [6.45, 7) is -0.556. The van der Waals surface area contributed by atoms with Gasteiger partial charge in [0, 0.05) is 6.20 Å². The highest BCUT2D eigenvalue weighted by Crippen LogP contribution is 2.33. The van der Waals surface area contributed by atoms with Crippen LogP contribution in [0.25, 0.3) is 0 Å². The summed E-state index contributed by atoms with van der Waals surface area (Å²) in [5.41, 5.74) is -1.63. The van der Waals surface area contributed by atoms with Crippen molar-refractivity contribution in [3.8, 4) is 0 Å². The zero-order valence-electron chi connectivity index (χ0n) is 8.59. The number of aromatic amines is 2. The van der Waals surface area contributed by atoms with Crippen LogP contribution in [0.4, 0.5) is 4.39 Å². The second-order valence-corrected chi connectivity index (χ2v) is 3.74. The summed E-state index contributed by atoms with van der Waals surface area (Å²) in [7, 11) is 0. The first-order chi connectivity index (χ1) is 8.04. The molecule has 4 N–H and O–H groups in total. The molecule has 0 unspecified atom stereocenters. The molecule has 17 heavy (non-hydrogen) atoms. The summed E-state index contributed by atoms with van der Waals surface area (Å²) in [6.07, 6.45) is -4.69. The Balaban J connectivity index is 2.35. The van der Waals surface area contributed by atoms with E-state index in [1.807, 2.05) is 4.98 Å². The van der Waals surface area contributed by atoms with Crippen molar-refractivity contribution < 1.29 is 19.3 Å². The number of aliphatic hydroxyl groups is 2. The van der Waals surface area contributed by atoms with E-state index in [0.717, 1.165) is 6.20 Å². The first kappa shape index (κ1) is 12.0. The summed E-state index contributed by atoms with van der Waals surface area (Å²) >= 11 is 0. The first-order valence-electron chi connectivity index (χ1n) is 4.95. The quantitative estimate of drug-likeness (QED) is 0.491. The maximum Gasteiger partial charge on any atom is 0.325 e. The van der Waals surface area contributed by atoms with Gasteiger partial charge >= 0.3 is 5.69 Å². The first-order valence-corrected chi connectivity index (χ1v) is 4.95. The highest BCUT2D eigenvalue weighted by atomic mass is 19.1. The lowest BCUT2D eigenvalue weighted by Gasteiger charge is -2.11. The van der Waals surface area contributed by atoms with Crippen molar-refractivity contribution in [2.24, 2.45) is 0 Å². The number of rotatable bonds is 2. The van der Waals surface area contributed by atoms with E-state index in [-0.39, 0.29) is 5.56 Å². The highest BCUT2D eigenvalue weighted by Gasteiger charge is 2.45. The Labute approximate surface area is 93.9 Å². The predicted molar refractivity (Wildman–Crippen MR) is 53.3 cm³/mol. The number of hydrogen-bond acceptors (Lipinski definition) is 5. The molecule has 94 valence electrons. The molecule has 8 heteroatoms. The predicted octanol–water partition coefficient (Wildman–Crippen LogP) is -1.81. The van der Waals surface area contributed by atoms with Gasteiger partial charge in [0.25, 0.3) is 5.56 Å². The second-order valence-electron chi connectivity index (χ2n) is 3.74. The van der Waals surface area contributed by atoms with Crippen molar-refractivity contribution in [2.75, 3.05) is 6.61 Å². The third kappa shape index (κ3) is 2.02. The van der Waals surface area contributed by atoms with Gasteiger partial charge in [0.2, 0.25) is 0 Å². The normalized spacial score (nSPS) is 32.9. The summed E-state index contributed by atoms with van der Waals surface area (Å²) < 4.78 is 18.7. The average Bonchev–Trinajstić information content (AvgIpc) is 2.57. The lowest BCUT2D eigenvalue weighted by Crippen LogP contribution is -2.31. The van der Waals surface area contributed by atoms with Gasteiger partial charge in [-0.25, -0.2) is 9.18 Å². The SMILES string of the molecule is O=c1[nH]cc([C@@H]2O[C@H](CO)[C@@H](O)[C@H]2F)c(=O)[nH]1. The van der Waals surface area contributed by atoms with Crippen molar-refractivity contribution in [3.63, 3.8) is 0 Å². The zero-order chi connectivity index (χ0) is 12.6. The van der Waals surface area contributed by atoms with E-state index in [0.29, 0.717) is 0 Å². The van der Waals surface area contributed by atoms with Gasteiger partial charge in [-0.2, -0.15) is 0 Å². The topological polar surface area (TPSA) is 115 Å². The lowest BCUT2D eigenvalue weighted by atomic mass is 10.1. The minimum absolute atomic E-state index is 0.132. The zero-order valence-corrected chi connectivity index (χ0v) is 8.59. The van der Waals surface area contributed by atoms with Crippen molar-refractivity contribution in [2.45, 2.75) is 24.5 Å². The summed E-state index contributed by atoms with van der Waals surface area (Å²) in [5.74, 6) is 0. The van der Waals surface area contributed by atoms with Gasteiger partial charge in [0.1, 0.15) is 18.3 Å². The molecule has 2 heterocycles. The van der Waals surface area contributed by atoms with E-state index in [1.165, 1.54) is 0 Å². The van der Waals surface area contributed by atoms with E-state index in [4.69, 9.17) is 9.84 Å². The van der Waals surface area contributed by atoms with Crippen LogP contribution in [0, 0.1) is 0 Å². The van der Waals surface area contributed by atoms with Crippen LogP contribution < -0.4 is 11.2 Å². The molecule has 0 aromatic carbocycles. The van der Waals surface area contributed by atoms with Crippen molar-refractivity contribution in [3.05, 3.63) is 32.6 Å². The largest absolute Gasteiger partial charge is 0.394 e. The van der Waals surface area contributed by atoms with Crippen LogP contribution in [0.5, 0.6) is 0 Å². The molecule has 0 radical (unpaired) electrons. The lowest BCUT2D eigenvalue weighted by molar-refractivity contribution is -0.0230. The molecule has 1 aliphatic heterocycles. The van der Waals surface area contributed by atoms with Crippen molar-refractivity contribution in [1.82, 2.24) is 9.97 Å². The van der Waals surface area contributed by atoms with Crippen LogP contribution in [0.2, 0.25) is 0 Å².